The van der Waals surface area contributed by atoms with Gasteiger partial charge in [-0.3, -0.25) is 4.98 Å². The van der Waals surface area contributed by atoms with Crippen molar-refractivity contribution in [3.05, 3.63) is 95.7 Å². The molecule has 3 aromatic carbocycles. The molecule has 0 amide bonds. The number of nitrogens with zero attached hydrogens (tertiary/aromatic N) is 2. The summed E-state index contributed by atoms with van der Waals surface area (Å²) in [6.07, 6.45) is 3.80. The van der Waals surface area contributed by atoms with Crippen molar-refractivity contribution in [3.8, 4) is 16.8 Å². The number of aromatic nitrogens is 2. The molecule has 2 aromatic heterocycles. The molecular weight excluding hydrogens is 384 g/mol. The maximum absolute atomic E-state index is 4.36. The first-order chi connectivity index (χ1) is 12.8. The Kier molecular flexibility index (Phi) is 3.61. The van der Waals surface area contributed by atoms with Crippen LogP contribution in [0, 0.1) is 0 Å². The monoisotopic (exact) mass is 398 g/mol. The molecule has 3 heteroatoms. The van der Waals surface area contributed by atoms with Gasteiger partial charge in [-0.05, 0) is 41.5 Å². The van der Waals surface area contributed by atoms with E-state index in [1.165, 1.54) is 27.4 Å². The maximum atomic E-state index is 4.36. The van der Waals surface area contributed by atoms with Crippen LogP contribution in [-0.4, -0.2) is 9.55 Å². The summed E-state index contributed by atoms with van der Waals surface area (Å²) in [5, 5.41) is 2.46. The number of rotatable bonds is 2. The molecule has 0 radical (unpaired) electrons. The molecule has 0 atom stereocenters. The minimum Gasteiger partial charge on any atom is -0.308 e. The maximum Gasteiger partial charge on any atom is 0.0724 e. The number of halogens is 1. The molecule has 5 aromatic rings. The van der Waals surface area contributed by atoms with Crippen molar-refractivity contribution >= 4 is 37.7 Å². The summed E-state index contributed by atoms with van der Waals surface area (Å²) in [6.45, 7) is 0. The molecule has 0 unspecified atom stereocenters. The second-order valence-electron chi connectivity index (χ2n) is 6.31. The Morgan fingerprint density at radius 1 is 0.692 bits per heavy atom. The van der Waals surface area contributed by atoms with Crippen molar-refractivity contribution in [1.82, 2.24) is 9.55 Å². The fraction of sp³-hybridized carbons (Fsp3) is 0. The highest BCUT2D eigenvalue weighted by Crippen LogP contribution is 2.34. The number of para-hydroxylation sites is 1. The van der Waals surface area contributed by atoms with Crippen LogP contribution in [0.3, 0.4) is 0 Å². The molecule has 0 bridgehead atoms. The highest BCUT2D eigenvalue weighted by molar-refractivity contribution is 9.10. The molecule has 5 rings (SSSR count). The van der Waals surface area contributed by atoms with Crippen molar-refractivity contribution in [2.24, 2.45) is 0 Å². The van der Waals surface area contributed by atoms with Crippen molar-refractivity contribution in [3.63, 3.8) is 0 Å². The zero-order valence-electron chi connectivity index (χ0n) is 13.9. The largest absolute Gasteiger partial charge is 0.308 e. The van der Waals surface area contributed by atoms with E-state index in [0.29, 0.717) is 0 Å². The molecule has 26 heavy (non-hydrogen) atoms. The Hall–Kier alpha value is -2.91. The van der Waals surface area contributed by atoms with Crippen LogP contribution in [0.15, 0.2) is 95.7 Å². The van der Waals surface area contributed by atoms with Gasteiger partial charge in [0.05, 0.1) is 17.2 Å². The third-order valence-corrected chi connectivity index (χ3v) is 5.18. The average Bonchev–Trinajstić information content (AvgIpc) is 3.03. The standard InChI is InChI=1S/C23H15BrN2/c24-18-12-17(16-6-2-1-3-7-16)13-19(14-18)26-22-9-5-4-8-20(22)21-10-11-25-15-23(21)26/h1-15H. The highest BCUT2D eigenvalue weighted by atomic mass is 79.9. The summed E-state index contributed by atoms with van der Waals surface area (Å²) in [5.41, 5.74) is 5.81. The van der Waals surface area contributed by atoms with Crippen molar-refractivity contribution < 1.29 is 0 Å². The van der Waals surface area contributed by atoms with Gasteiger partial charge in [0.25, 0.3) is 0 Å². The number of benzene rings is 3. The van der Waals surface area contributed by atoms with Gasteiger partial charge in [-0.25, -0.2) is 0 Å². The number of pyridine rings is 1. The Labute approximate surface area is 159 Å². The van der Waals surface area contributed by atoms with Gasteiger partial charge in [0.1, 0.15) is 0 Å². The van der Waals surface area contributed by atoms with E-state index >= 15 is 0 Å². The molecule has 0 fully saturated rings. The van der Waals surface area contributed by atoms with Gasteiger partial charge in [0.15, 0.2) is 0 Å². The van der Waals surface area contributed by atoms with Gasteiger partial charge >= 0.3 is 0 Å². The second-order valence-corrected chi connectivity index (χ2v) is 7.23. The van der Waals surface area contributed by atoms with E-state index in [2.05, 4.69) is 98.3 Å². The normalized spacial score (nSPS) is 11.3. The molecule has 2 nitrogen and oxygen atoms in total. The lowest BCUT2D eigenvalue weighted by Gasteiger charge is -2.11. The molecule has 0 aliphatic rings. The molecule has 0 N–H and O–H groups in total. The summed E-state index contributed by atoms with van der Waals surface area (Å²) in [4.78, 5) is 4.36. The van der Waals surface area contributed by atoms with Gasteiger partial charge < -0.3 is 4.57 Å². The molecule has 0 spiro atoms. The minimum absolute atomic E-state index is 1.06. The van der Waals surface area contributed by atoms with E-state index in [1.807, 2.05) is 18.5 Å². The molecule has 0 saturated carbocycles. The van der Waals surface area contributed by atoms with E-state index in [0.717, 1.165) is 15.7 Å². The van der Waals surface area contributed by atoms with Gasteiger partial charge in [-0.15, -0.1) is 0 Å². The SMILES string of the molecule is Brc1cc(-c2ccccc2)cc(-n2c3ccccc3c3ccncc32)c1. The third-order valence-electron chi connectivity index (χ3n) is 4.72. The summed E-state index contributed by atoms with van der Waals surface area (Å²) in [6, 6.07) is 27.6. The van der Waals surface area contributed by atoms with Gasteiger partial charge in [-0.1, -0.05) is 64.5 Å². The number of hydrogen-bond acceptors (Lipinski definition) is 1. The molecular formula is C23H15BrN2. The van der Waals surface area contributed by atoms with Crippen LogP contribution in [0.4, 0.5) is 0 Å². The predicted molar refractivity (Wildman–Crippen MR) is 112 cm³/mol. The smallest absolute Gasteiger partial charge is 0.0724 e. The lowest BCUT2D eigenvalue weighted by Crippen LogP contribution is -1.95. The van der Waals surface area contributed by atoms with E-state index in [9.17, 15) is 0 Å². The fourth-order valence-electron chi connectivity index (χ4n) is 3.60. The highest BCUT2D eigenvalue weighted by Gasteiger charge is 2.13. The lowest BCUT2D eigenvalue weighted by atomic mass is 10.1. The topological polar surface area (TPSA) is 17.8 Å². The minimum atomic E-state index is 1.06. The summed E-state index contributed by atoms with van der Waals surface area (Å²) in [7, 11) is 0. The quantitative estimate of drug-likeness (QED) is 0.327. The van der Waals surface area contributed by atoms with Gasteiger partial charge in [0, 0.05) is 27.1 Å². The van der Waals surface area contributed by atoms with Crippen LogP contribution < -0.4 is 0 Å². The number of fused-ring (bicyclic) bond motifs is 3. The van der Waals surface area contributed by atoms with Crippen molar-refractivity contribution in [2.45, 2.75) is 0 Å². The lowest BCUT2D eigenvalue weighted by molar-refractivity contribution is 1.16. The molecule has 0 aliphatic heterocycles. The van der Waals surface area contributed by atoms with Crippen LogP contribution in [-0.2, 0) is 0 Å². The van der Waals surface area contributed by atoms with Crippen LogP contribution in [0.1, 0.15) is 0 Å². The molecule has 0 aliphatic carbocycles. The van der Waals surface area contributed by atoms with Crippen molar-refractivity contribution in [1.29, 1.82) is 0 Å². The predicted octanol–water partition coefficient (Wildman–Crippen LogP) is 6.61. The van der Waals surface area contributed by atoms with E-state index in [4.69, 9.17) is 0 Å². The van der Waals surface area contributed by atoms with Crippen LogP contribution in [0.5, 0.6) is 0 Å². The average molecular weight is 399 g/mol. The molecule has 0 saturated heterocycles. The van der Waals surface area contributed by atoms with Crippen LogP contribution in [0.25, 0.3) is 38.6 Å². The first-order valence-electron chi connectivity index (χ1n) is 8.51. The Balaban J connectivity index is 1.84. The fourth-order valence-corrected chi connectivity index (χ4v) is 4.08. The Bertz CT molecular complexity index is 1190. The van der Waals surface area contributed by atoms with Gasteiger partial charge in [-0.2, -0.15) is 0 Å². The van der Waals surface area contributed by atoms with Gasteiger partial charge in [0.2, 0.25) is 0 Å². The van der Waals surface area contributed by atoms with E-state index < -0.39 is 0 Å². The summed E-state index contributed by atoms with van der Waals surface area (Å²) >= 11 is 3.70. The van der Waals surface area contributed by atoms with Crippen LogP contribution >= 0.6 is 15.9 Å². The second kappa shape index (κ2) is 6.11. The summed E-state index contributed by atoms with van der Waals surface area (Å²) in [5.74, 6) is 0. The molecule has 2 heterocycles. The third kappa shape index (κ3) is 2.44. The van der Waals surface area contributed by atoms with Crippen LogP contribution in [0.2, 0.25) is 0 Å². The molecule has 124 valence electrons. The zero-order valence-corrected chi connectivity index (χ0v) is 15.5. The first-order valence-corrected chi connectivity index (χ1v) is 9.30. The van der Waals surface area contributed by atoms with E-state index in [1.54, 1.807) is 0 Å². The van der Waals surface area contributed by atoms with Crippen molar-refractivity contribution in [2.75, 3.05) is 0 Å². The Morgan fingerprint density at radius 2 is 1.46 bits per heavy atom. The zero-order chi connectivity index (χ0) is 17.5. The Morgan fingerprint density at radius 3 is 2.35 bits per heavy atom. The summed E-state index contributed by atoms with van der Waals surface area (Å²) < 4.78 is 3.35. The number of hydrogen-bond donors (Lipinski definition) is 0. The first kappa shape index (κ1) is 15.4. The van der Waals surface area contributed by atoms with E-state index in [-0.39, 0.29) is 0 Å².